The fourth-order valence-electron chi connectivity index (χ4n) is 1.70. The zero-order valence-corrected chi connectivity index (χ0v) is 9.38. The third-order valence-electron chi connectivity index (χ3n) is 2.37. The van der Waals surface area contributed by atoms with E-state index in [4.69, 9.17) is 0 Å². The average molecular weight is 196 g/mol. The maximum absolute atomic E-state index is 9.90. The summed E-state index contributed by atoms with van der Waals surface area (Å²) in [5.41, 5.74) is 2.10. The molecule has 0 atom stereocenters. The Hall–Kier alpha value is -0.990. The minimum atomic E-state index is 0.380. The molecule has 3 nitrogen and oxygen atoms in total. The molecule has 3 heteroatoms. The largest absolute Gasteiger partial charge is 0.493 e. The minimum absolute atomic E-state index is 0.380. The lowest BCUT2D eigenvalue weighted by Gasteiger charge is -2.00. The molecule has 0 radical (unpaired) electrons. The van der Waals surface area contributed by atoms with Crippen molar-refractivity contribution in [2.75, 3.05) is 0 Å². The molecule has 0 aliphatic heterocycles. The zero-order valence-electron chi connectivity index (χ0n) is 9.38. The summed E-state index contributed by atoms with van der Waals surface area (Å²) >= 11 is 0. The molecule has 1 rings (SSSR count). The molecule has 0 bridgehead atoms. The summed E-state index contributed by atoms with van der Waals surface area (Å²) in [5.74, 6) is 0.380. The van der Waals surface area contributed by atoms with Gasteiger partial charge in [-0.1, -0.05) is 27.2 Å². The quantitative estimate of drug-likeness (QED) is 0.785. The van der Waals surface area contributed by atoms with Crippen molar-refractivity contribution < 1.29 is 5.11 Å². The third-order valence-corrected chi connectivity index (χ3v) is 2.37. The highest BCUT2D eigenvalue weighted by Gasteiger charge is 2.14. The molecule has 0 amide bonds. The summed E-state index contributed by atoms with van der Waals surface area (Å²) < 4.78 is 1.73. The van der Waals surface area contributed by atoms with Gasteiger partial charge in [0.1, 0.15) is 0 Å². The van der Waals surface area contributed by atoms with Crippen LogP contribution in [0.3, 0.4) is 0 Å². The normalized spacial score (nSPS) is 10.8. The van der Waals surface area contributed by atoms with Gasteiger partial charge in [0.25, 0.3) is 0 Å². The first kappa shape index (κ1) is 11.1. The number of aryl methyl sites for hydroxylation is 2. The topological polar surface area (TPSA) is 38.0 Å². The second-order valence-electron chi connectivity index (χ2n) is 3.58. The van der Waals surface area contributed by atoms with Gasteiger partial charge < -0.3 is 5.11 Å². The van der Waals surface area contributed by atoms with Gasteiger partial charge in [0.05, 0.1) is 5.69 Å². The van der Waals surface area contributed by atoms with E-state index in [2.05, 4.69) is 25.9 Å². The summed E-state index contributed by atoms with van der Waals surface area (Å²) in [6, 6.07) is 0. The van der Waals surface area contributed by atoms with E-state index in [9.17, 15) is 5.11 Å². The molecule has 0 aliphatic carbocycles. The van der Waals surface area contributed by atoms with Gasteiger partial charge in [-0.25, -0.2) is 4.68 Å². The van der Waals surface area contributed by atoms with Gasteiger partial charge >= 0.3 is 0 Å². The Morgan fingerprint density at radius 3 is 2.43 bits per heavy atom. The minimum Gasteiger partial charge on any atom is -0.493 e. The van der Waals surface area contributed by atoms with Crippen LogP contribution in [-0.4, -0.2) is 14.9 Å². The SMILES string of the molecule is CCCc1c(CC)nn(CCC)c1O. The summed E-state index contributed by atoms with van der Waals surface area (Å²) in [6.07, 6.45) is 3.89. The van der Waals surface area contributed by atoms with Crippen molar-refractivity contribution in [3.8, 4) is 5.88 Å². The smallest absolute Gasteiger partial charge is 0.212 e. The Morgan fingerprint density at radius 1 is 1.21 bits per heavy atom. The maximum Gasteiger partial charge on any atom is 0.212 e. The van der Waals surface area contributed by atoms with Gasteiger partial charge in [0.15, 0.2) is 0 Å². The highest BCUT2D eigenvalue weighted by Crippen LogP contribution is 2.23. The molecule has 0 unspecified atom stereocenters. The first-order valence-electron chi connectivity index (χ1n) is 5.52. The molecule has 0 aliphatic rings. The van der Waals surface area contributed by atoms with E-state index in [1.165, 1.54) is 0 Å². The van der Waals surface area contributed by atoms with Crippen molar-refractivity contribution in [3.63, 3.8) is 0 Å². The molecule has 0 fully saturated rings. The van der Waals surface area contributed by atoms with Crippen molar-refractivity contribution >= 4 is 0 Å². The fourth-order valence-corrected chi connectivity index (χ4v) is 1.70. The number of hydrogen-bond acceptors (Lipinski definition) is 2. The van der Waals surface area contributed by atoms with Crippen molar-refractivity contribution in [1.29, 1.82) is 0 Å². The van der Waals surface area contributed by atoms with Crippen LogP contribution >= 0.6 is 0 Å². The predicted octanol–water partition coefficient (Wildman–Crippen LogP) is 2.51. The van der Waals surface area contributed by atoms with Crippen LogP contribution in [0.2, 0.25) is 0 Å². The number of rotatable bonds is 5. The van der Waals surface area contributed by atoms with Crippen LogP contribution in [0.5, 0.6) is 5.88 Å². The van der Waals surface area contributed by atoms with E-state index >= 15 is 0 Å². The number of aromatic hydroxyl groups is 1. The van der Waals surface area contributed by atoms with E-state index in [0.717, 1.165) is 43.5 Å². The van der Waals surface area contributed by atoms with E-state index in [1.54, 1.807) is 4.68 Å². The highest BCUT2D eigenvalue weighted by atomic mass is 16.3. The number of aromatic nitrogens is 2. The maximum atomic E-state index is 9.90. The van der Waals surface area contributed by atoms with Crippen molar-refractivity contribution in [2.45, 2.75) is 53.0 Å². The molecule has 0 saturated heterocycles. The van der Waals surface area contributed by atoms with Crippen LogP contribution in [0.4, 0.5) is 0 Å². The first-order valence-corrected chi connectivity index (χ1v) is 5.52. The van der Waals surface area contributed by atoms with Crippen LogP contribution in [0.15, 0.2) is 0 Å². The third kappa shape index (κ3) is 2.08. The molecule has 0 aromatic carbocycles. The zero-order chi connectivity index (χ0) is 10.6. The van der Waals surface area contributed by atoms with Gasteiger partial charge in [-0.2, -0.15) is 5.10 Å². The van der Waals surface area contributed by atoms with Crippen LogP contribution in [0.25, 0.3) is 0 Å². The first-order chi connectivity index (χ1) is 6.74. The molecule has 1 aromatic rings. The van der Waals surface area contributed by atoms with Gasteiger partial charge in [0.2, 0.25) is 5.88 Å². The Morgan fingerprint density at radius 2 is 1.93 bits per heavy atom. The van der Waals surface area contributed by atoms with Crippen molar-refractivity contribution in [2.24, 2.45) is 0 Å². The van der Waals surface area contributed by atoms with Crippen LogP contribution in [0, 0.1) is 0 Å². The lowest BCUT2D eigenvalue weighted by Crippen LogP contribution is -1.98. The monoisotopic (exact) mass is 196 g/mol. The average Bonchev–Trinajstić information content (AvgIpc) is 2.47. The molecule has 0 saturated carbocycles. The summed E-state index contributed by atoms with van der Waals surface area (Å²) in [4.78, 5) is 0. The van der Waals surface area contributed by atoms with Gasteiger partial charge in [-0.05, 0) is 19.3 Å². The van der Waals surface area contributed by atoms with Crippen molar-refractivity contribution in [3.05, 3.63) is 11.3 Å². The Bertz CT molecular complexity index is 292. The van der Waals surface area contributed by atoms with E-state index in [-0.39, 0.29) is 0 Å². The molecular weight excluding hydrogens is 176 g/mol. The summed E-state index contributed by atoms with van der Waals surface area (Å²) in [6.45, 7) is 7.10. The lowest BCUT2D eigenvalue weighted by molar-refractivity contribution is 0.392. The number of hydrogen-bond donors (Lipinski definition) is 1. The number of nitrogens with zero attached hydrogens (tertiary/aromatic N) is 2. The van der Waals surface area contributed by atoms with Gasteiger partial charge in [0, 0.05) is 12.1 Å². The Labute approximate surface area is 85.8 Å². The lowest BCUT2D eigenvalue weighted by atomic mass is 10.1. The fraction of sp³-hybridized carbons (Fsp3) is 0.727. The van der Waals surface area contributed by atoms with E-state index < -0.39 is 0 Å². The summed E-state index contributed by atoms with van der Waals surface area (Å²) in [7, 11) is 0. The highest BCUT2D eigenvalue weighted by molar-refractivity contribution is 5.30. The second-order valence-corrected chi connectivity index (χ2v) is 3.58. The molecule has 14 heavy (non-hydrogen) atoms. The molecule has 80 valence electrons. The molecular formula is C11H20N2O. The van der Waals surface area contributed by atoms with Crippen LogP contribution in [-0.2, 0) is 19.4 Å². The standard InChI is InChI=1S/C11H20N2O/c1-4-7-9-10(6-3)12-13(8-5-2)11(9)14/h14H,4-8H2,1-3H3. The van der Waals surface area contributed by atoms with Gasteiger partial charge in [-0.15, -0.1) is 0 Å². The Balaban J connectivity index is 2.98. The second kappa shape index (κ2) is 5.03. The predicted molar refractivity (Wildman–Crippen MR) is 57.6 cm³/mol. The Kier molecular flexibility index (Phi) is 3.98. The van der Waals surface area contributed by atoms with E-state index in [0.29, 0.717) is 5.88 Å². The van der Waals surface area contributed by atoms with Crippen molar-refractivity contribution in [1.82, 2.24) is 9.78 Å². The van der Waals surface area contributed by atoms with Crippen LogP contribution < -0.4 is 0 Å². The van der Waals surface area contributed by atoms with Crippen LogP contribution in [0.1, 0.15) is 44.9 Å². The molecule has 0 spiro atoms. The molecule has 1 N–H and O–H groups in total. The van der Waals surface area contributed by atoms with E-state index in [1.807, 2.05) is 0 Å². The summed E-state index contributed by atoms with van der Waals surface area (Å²) in [5, 5.41) is 14.3. The molecule has 1 heterocycles. The van der Waals surface area contributed by atoms with Gasteiger partial charge in [-0.3, -0.25) is 0 Å². The molecule has 1 aromatic heterocycles.